The average Bonchev–Trinajstić information content (AvgIpc) is 2.72. The lowest BCUT2D eigenvalue weighted by atomic mass is 9.90. The van der Waals surface area contributed by atoms with Gasteiger partial charge in [0.15, 0.2) is 5.78 Å². The van der Waals surface area contributed by atoms with Crippen molar-refractivity contribution in [3.05, 3.63) is 81.4 Å². The Labute approximate surface area is 186 Å². The maximum absolute atomic E-state index is 13.2. The lowest BCUT2D eigenvalue weighted by molar-refractivity contribution is -0.384. The fraction of sp³-hybridized carbons (Fsp3) is 0.292. The molecule has 2 aromatic carbocycles. The van der Waals surface area contributed by atoms with Crippen LogP contribution in [0.5, 0.6) is 0 Å². The van der Waals surface area contributed by atoms with E-state index in [-0.39, 0.29) is 17.9 Å². The van der Waals surface area contributed by atoms with Crippen LogP contribution in [0.2, 0.25) is 0 Å². The molecule has 1 atom stereocenters. The molecule has 0 aliphatic rings. The summed E-state index contributed by atoms with van der Waals surface area (Å²) in [5, 5.41) is 10.9. The molecule has 0 N–H and O–H groups in total. The third-order valence-corrected chi connectivity index (χ3v) is 4.24. The number of rotatable bonds is 8. The predicted molar refractivity (Wildman–Crippen MR) is 118 cm³/mol. The second kappa shape index (κ2) is 10.5. The molecule has 0 unspecified atom stereocenters. The van der Waals surface area contributed by atoms with Gasteiger partial charge in [-0.2, -0.15) is 0 Å². The number of Topliss-reactive ketones (excluding diaryl/α,β-unsaturated/α-hetero) is 1. The van der Waals surface area contributed by atoms with Crippen LogP contribution >= 0.6 is 0 Å². The van der Waals surface area contributed by atoms with Gasteiger partial charge in [-0.05, 0) is 44.9 Å². The van der Waals surface area contributed by atoms with Crippen LogP contribution in [0.25, 0.3) is 6.08 Å². The van der Waals surface area contributed by atoms with Gasteiger partial charge in [-0.3, -0.25) is 19.7 Å². The Bertz CT molecular complexity index is 1020. The van der Waals surface area contributed by atoms with Gasteiger partial charge in [-0.25, -0.2) is 4.79 Å². The number of nitro benzene ring substituents is 1. The minimum Gasteiger partial charge on any atom is -0.463 e. The van der Waals surface area contributed by atoms with Gasteiger partial charge < -0.3 is 9.47 Å². The van der Waals surface area contributed by atoms with E-state index in [2.05, 4.69) is 0 Å². The molecule has 0 radical (unpaired) electrons. The number of carbonyl (C=O) groups is 3. The minimum absolute atomic E-state index is 0.151. The van der Waals surface area contributed by atoms with Crippen LogP contribution in [-0.4, -0.2) is 34.9 Å². The summed E-state index contributed by atoms with van der Waals surface area (Å²) in [6.45, 7) is 7.04. The van der Waals surface area contributed by atoms with Crippen LogP contribution in [0.3, 0.4) is 0 Å². The maximum atomic E-state index is 13.2. The summed E-state index contributed by atoms with van der Waals surface area (Å²) in [5.41, 5.74) is 0.243. The average molecular weight is 439 g/mol. The molecule has 0 spiro atoms. The highest BCUT2D eigenvalue weighted by Gasteiger charge is 2.33. The van der Waals surface area contributed by atoms with Crippen LogP contribution in [-0.2, 0) is 19.1 Å². The zero-order chi connectivity index (χ0) is 23.9. The van der Waals surface area contributed by atoms with Crippen molar-refractivity contribution in [1.29, 1.82) is 0 Å². The van der Waals surface area contributed by atoms with Crippen molar-refractivity contribution in [3.8, 4) is 0 Å². The quantitative estimate of drug-likeness (QED) is 0.149. The third kappa shape index (κ3) is 6.87. The molecule has 0 aromatic heterocycles. The Morgan fingerprint density at radius 3 is 2.12 bits per heavy atom. The standard InChI is InChI=1S/C24H25NO7/c1-5-31-20(26)15-8-16-6-9-18(10-7-16)22(27)21(23(28)32-24(2,3)4)17-11-13-19(14-12-17)25(29)30/h6-15,21H,5H2,1-4H3/b15-8+/t21-/m0/s1. The molecule has 0 amide bonds. The molecule has 2 rings (SSSR count). The Morgan fingerprint density at radius 1 is 1.03 bits per heavy atom. The van der Waals surface area contributed by atoms with E-state index in [1.54, 1.807) is 45.9 Å². The molecule has 0 saturated heterocycles. The molecule has 0 heterocycles. The summed E-state index contributed by atoms with van der Waals surface area (Å²) < 4.78 is 10.3. The van der Waals surface area contributed by atoms with Crippen molar-refractivity contribution < 1.29 is 28.8 Å². The number of nitrogens with zero attached hydrogens (tertiary/aromatic N) is 1. The minimum atomic E-state index is -1.28. The predicted octanol–water partition coefficient (Wildman–Crippen LogP) is 4.48. The highest BCUT2D eigenvalue weighted by Crippen LogP contribution is 2.27. The molecule has 0 fully saturated rings. The number of nitro groups is 1. The van der Waals surface area contributed by atoms with E-state index in [0.717, 1.165) is 0 Å². The summed E-state index contributed by atoms with van der Waals surface area (Å²) in [5.74, 6) is -3.01. The van der Waals surface area contributed by atoms with E-state index < -0.39 is 34.2 Å². The van der Waals surface area contributed by atoms with Gasteiger partial charge in [-0.1, -0.05) is 36.4 Å². The number of hydrogen-bond donors (Lipinski definition) is 0. The van der Waals surface area contributed by atoms with Gasteiger partial charge in [0.25, 0.3) is 5.69 Å². The SMILES string of the molecule is CCOC(=O)/C=C/c1ccc(C(=O)[C@@H](C(=O)OC(C)(C)C)c2ccc([N+](=O)[O-])cc2)cc1. The van der Waals surface area contributed by atoms with E-state index in [0.29, 0.717) is 11.1 Å². The molecule has 32 heavy (non-hydrogen) atoms. The van der Waals surface area contributed by atoms with Crippen molar-refractivity contribution in [2.45, 2.75) is 39.2 Å². The lowest BCUT2D eigenvalue weighted by Gasteiger charge is -2.23. The number of ether oxygens (including phenoxy) is 2. The number of hydrogen-bond acceptors (Lipinski definition) is 7. The second-order valence-corrected chi connectivity index (χ2v) is 7.89. The first kappa shape index (κ1) is 24.5. The van der Waals surface area contributed by atoms with Crippen molar-refractivity contribution in [2.75, 3.05) is 6.61 Å². The largest absolute Gasteiger partial charge is 0.463 e. The smallest absolute Gasteiger partial charge is 0.330 e. The van der Waals surface area contributed by atoms with Crippen LogP contribution < -0.4 is 0 Å². The van der Waals surface area contributed by atoms with E-state index >= 15 is 0 Å². The molecule has 8 heteroatoms. The molecule has 0 saturated carbocycles. The molecular weight excluding hydrogens is 414 g/mol. The fourth-order valence-electron chi connectivity index (χ4n) is 2.82. The maximum Gasteiger partial charge on any atom is 0.330 e. The molecule has 2 aromatic rings. The van der Waals surface area contributed by atoms with Gasteiger partial charge in [-0.15, -0.1) is 0 Å². The van der Waals surface area contributed by atoms with Crippen LogP contribution in [0.15, 0.2) is 54.6 Å². The van der Waals surface area contributed by atoms with Crippen LogP contribution in [0.4, 0.5) is 5.69 Å². The number of ketones is 1. The Hall–Kier alpha value is -3.81. The first-order valence-corrected chi connectivity index (χ1v) is 9.98. The number of benzene rings is 2. The van der Waals surface area contributed by atoms with Crippen LogP contribution in [0.1, 0.15) is 55.1 Å². The van der Waals surface area contributed by atoms with E-state index in [4.69, 9.17) is 9.47 Å². The number of carbonyl (C=O) groups excluding carboxylic acids is 3. The first-order valence-electron chi connectivity index (χ1n) is 9.98. The fourth-order valence-corrected chi connectivity index (χ4v) is 2.82. The second-order valence-electron chi connectivity index (χ2n) is 7.89. The van der Waals surface area contributed by atoms with Crippen molar-refractivity contribution in [2.24, 2.45) is 0 Å². The summed E-state index contributed by atoms with van der Waals surface area (Å²) in [4.78, 5) is 47.9. The monoisotopic (exact) mass is 439 g/mol. The van der Waals surface area contributed by atoms with Gasteiger partial charge in [0.2, 0.25) is 0 Å². The Morgan fingerprint density at radius 2 is 1.62 bits per heavy atom. The van der Waals surface area contributed by atoms with Crippen molar-refractivity contribution >= 4 is 29.5 Å². The van der Waals surface area contributed by atoms with E-state index in [1.165, 1.54) is 42.5 Å². The third-order valence-electron chi connectivity index (χ3n) is 4.24. The molecular formula is C24H25NO7. The topological polar surface area (TPSA) is 113 Å². The zero-order valence-electron chi connectivity index (χ0n) is 18.4. The Kier molecular flexibility index (Phi) is 8.01. The molecule has 0 bridgehead atoms. The van der Waals surface area contributed by atoms with E-state index in [1.807, 2.05) is 0 Å². The summed E-state index contributed by atoms with van der Waals surface area (Å²) in [7, 11) is 0. The molecule has 168 valence electrons. The number of non-ortho nitro benzene ring substituents is 1. The summed E-state index contributed by atoms with van der Waals surface area (Å²) in [6.07, 6.45) is 2.83. The Balaban J connectivity index is 2.34. The summed E-state index contributed by atoms with van der Waals surface area (Å²) in [6, 6.07) is 11.6. The summed E-state index contributed by atoms with van der Waals surface area (Å²) >= 11 is 0. The first-order chi connectivity index (χ1) is 15.0. The molecule has 8 nitrogen and oxygen atoms in total. The highest BCUT2D eigenvalue weighted by atomic mass is 16.6. The zero-order valence-corrected chi connectivity index (χ0v) is 18.4. The van der Waals surface area contributed by atoms with Gasteiger partial charge in [0.05, 0.1) is 11.5 Å². The molecule has 0 aliphatic heterocycles. The van der Waals surface area contributed by atoms with Gasteiger partial charge in [0.1, 0.15) is 11.5 Å². The van der Waals surface area contributed by atoms with Gasteiger partial charge in [0, 0.05) is 23.8 Å². The number of esters is 2. The molecule has 0 aliphatic carbocycles. The van der Waals surface area contributed by atoms with E-state index in [9.17, 15) is 24.5 Å². The van der Waals surface area contributed by atoms with Gasteiger partial charge >= 0.3 is 11.9 Å². The normalized spacial score (nSPS) is 12.2. The van der Waals surface area contributed by atoms with Crippen LogP contribution in [0, 0.1) is 10.1 Å². The highest BCUT2D eigenvalue weighted by molar-refractivity contribution is 6.13. The van der Waals surface area contributed by atoms with Crippen molar-refractivity contribution in [3.63, 3.8) is 0 Å². The van der Waals surface area contributed by atoms with Crippen molar-refractivity contribution in [1.82, 2.24) is 0 Å². The lowest BCUT2D eigenvalue weighted by Crippen LogP contribution is -2.31.